The molecule has 0 bridgehead atoms. The number of hydrogen-bond donors (Lipinski definition) is 1. The summed E-state index contributed by atoms with van der Waals surface area (Å²) in [5.74, 6) is 0.983. The number of nitrogens with one attached hydrogen (secondary N) is 1. The highest BCUT2D eigenvalue weighted by Crippen LogP contribution is 2.28. The highest BCUT2D eigenvalue weighted by atomic mass is 16.5. The van der Waals surface area contributed by atoms with Crippen molar-refractivity contribution in [1.29, 1.82) is 0 Å². The normalized spacial score (nSPS) is 11.0. The number of carbonyl (C=O) groups is 1. The lowest BCUT2D eigenvalue weighted by Gasteiger charge is -2.01. The molecule has 0 saturated heterocycles. The predicted octanol–water partition coefficient (Wildman–Crippen LogP) is 2.39. The minimum absolute atomic E-state index is 0.124. The van der Waals surface area contributed by atoms with Crippen LogP contribution in [-0.4, -0.2) is 31.3 Å². The van der Waals surface area contributed by atoms with Gasteiger partial charge in [0, 0.05) is 25.1 Å². The number of nitrogens with zero attached hydrogens (tertiary/aromatic N) is 1. The van der Waals surface area contributed by atoms with Gasteiger partial charge in [0.05, 0.1) is 18.7 Å². The van der Waals surface area contributed by atoms with Gasteiger partial charge in [0.1, 0.15) is 5.58 Å². The van der Waals surface area contributed by atoms with Gasteiger partial charge in [0.2, 0.25) is 11.7 Å². The summed E-state index contributed by atoms with van der Waals surface area (Å²) in [4.78, 5) is 11.7. The molecule has 0 saturated carbocycles. The fourth-order valence-corrected chi connectivity index (χ4v) is 2.13. The Bertz CT molecular complexity index is 742. The summed E-state index contributed by atoms with van der Waals surface area (Å²) in [6, 6.07) is 11.3. The van der Waals surface area contributed by atoms with Gasteiger partial charge in [-0.3, -0.25) is 4.79 Å². The highest BCUT2D eigenvalue weighted by Gasteiger charge is 2.13. The van der Waals surface area contributed by atoms with E-state index < -0.39 is 0 Å². The number of fused-ring (bicyclic) bond motifs is 1. The molecule has 3 rings (SSSR count). The van der Waals surface area contributed by atoms with Crippen LogP contribution in [0.15, 0.2) is 45.3 Å². The van der Waals surface area contributed by atoms with E-state index in [9.17, 15) is 4.79 Å². The average Bonchev–Trinajstić information content (AvgIpc) is 3.13. The summed E-state index contributed by atoms with van der Waals surface area (Å²) >= 11 is 0. The molecule has 0 unspecified atom stereocenters. The van der Waals surface area contributed by atoms with E-state index in [0.29, 0.717) is 30.4 Å². The molecule has 1 N–H and O–H groups in total. The molecule has 22 heavy (non-hydrogen) atoms. The molecule has 0 aliphatic heterocycles. The second kappa shape index (κ2) is 6.44. The maximum absolute atomic E-state index is 11.7. The number of amides is 1. The molecule has 0 atom stereocenters. The Kier molecular flexibility index (Phi) is 4.20. The molecule has 2 heterocycles. The van der Waals surface area contributed by atoms with Gasteiger partial charge in [0.25, 0.3) is 0 Å². The number of furan rings is 1. The number of methoxy groups -OCH3 is 1. The van der Waals surface area contributed by atoms with E-state index in [1.54, 1.807) is 13.2 Å². The van der Waals surface area contributed by atoms with Crippen LogP contribution in [0.2, 0.25) is 0 Å². The molecule has 3 aromatic rings. The summed E-state index contributed by atoms with van der Waals surface area (Å²) in [5.41, 5.74) is 1.35. The van der Waals surface area contributed by atoms with Crippen molar-refractivity contribution in [1.82, 2.24) is 10.5 Å². The van der Waals surface area contributed by atoms with Crippen molar-refractivity contribution in [3.63, 3.8) is 0 Å². The second-order valence-electron chi connectivity index (χ2n) is 4.85. The number of rotatable bonds is 6. The van der Waals surface area contributed by atoms with Gasteiger partial charge in [0.15, 0.2) is 5.76 Å². The van der Waals surface area contributed by atoms with Crippen molar-refractivity contribution < 1.29 is 18.5 Å². The third-order valence-electron chi connectivity index (χ3n) is 3.20. The summed E-state index contributed by atoms with van der Waals surface area (Å²) in [6.45, 7) is 0.957. The fraction of sp³-hybridized carbons (Fsp3) is 0.250. The predicted molar refractivity (Wildman–Crippen MR) is 80.3 cm³/mol. The number of aromatic nitrogens is 1. The number of carbonyl (C=O) groups excluding carboxylic acids is 1. The fourth-order valence-electron chi connectivity index (χ4n) is 2.13. The van der Waals surface area contributed by atoms with Gasteiger partial charge in [-0.25, -0.2) is 0 Å². The molecule has 6 nitrogen and oxygen atoms in total. The van der Waals surface area contributed by atoms with Crippen molar-refractivity contribution in [2.45, 2.75) is 6.42 Å². The van der Waals surface area contributed by atoms with Crippen LogP contribution in [-0.2, 0) is 16.0 Å². The Labute approximate surface area is 127 Å². The zero-order chi connectivity index (χ0) is 15.4. The van der Waals surface area contributed by atoms with E-state index in [2.05, 4.69) is 10.5 Å². The van der Waals surface area contributed by atoms with E-state index in [1.165, 1.54) is 0 Å². The van der Waals surface area contributed by atoms with Crippen LogP contribution in [0.25, 0.3) is 22.5 Å². The van der Waals surface area contributed by atoms with Crippen LogP contribution in [0, 0.1) is 0 Å². The Morgan fingerprint density at radius 3 is 2.95 bits per heavy atom. The first-order valence-electron chi connectivity index (χ1n) is 6.96. The molecule has 6 heteroatoms. The minimum Gasteiger partial charge on any atom is -0.453 e. The first-order chi connectivity index (χ1) is 10.8. The quantitative estimate of drug-likeness (QED) is 0.707. The maximum Gasteiger partial charge on any atom is 0.226 e. The molecule has 1 aromatic carbocycles. The Hall–Kier alpha value is -2.60. The van der Waals surface area contributed by atoms with Crippen molar-refractivity contribution in [2.75, 3.05) is 20.3 Å². The third kappa shape index (κ3) is 3.17. The zero-order valence-electron chi connectivity index (χ0n) is 12.2. The molecule has 0 aliphatic rings. The first-order valence-corrected chi connectivity index (χ1v) is 6.96. The lowest BCUT2D eigenvalue weighted by Crippen LogP contribution is -2.28. The summed E-state index contributed by atoms with van der Waals surface area (Å²) < 4.78 is 15.8. The molecule has 0 fully saturated rings. The van der Waals surface area contributed by atoms with Gasteiger partial charge >= 0.3 is 0 Å². The van der Waals surface area contributed by atoms with Crippen molar-refractivity contribution in [2.24, 2.45) is 0 Å². The topological polar surface area (TPSA) is 77.5 Å². The number of benzene rings is 1. The Balaban J connectivity index is 1.69. The van der Waals surface area contributed by atoms with Crippen LogP contribution < -0.4 is 5.32 Å². The third-order valence-corrected chi connectivity index (χ3v) is 3.20. The molecular formula is C16H16N2O4. The van der Waals surface area contributed by atoms with E-state index >= 15 is 0 Å². The summed E-state index contributed by atoms with van der Waals surface area (Å²) in [5, 5.41) is 7.63. The van der Waals surface area contributed by atoms with E-state index in [4.69, 9.17) is 13.7 Å². The minimum atomic E-state index is -0.124. The van der Waals surface area contributed by atoms with Crippen molar-refractivity contribution in [3.8, 4) is 11.5 Å². The maximum atomic E-state index is 11.7. The molecule has 0 spiro atoms. The molecular weight excluding hydrogens is 284 g/mol. The zero-order valence-corrected chi connectivity index (χ0v) is 12.2. The monoisotopic (exact) mass is 300 g/mol. The number of ether oxygens (including phenoxy) is 1. The summed E-state index contributed by atoms with van der Waals surface area (Å²) in [6.07, 6.45) is 0.160. The van der Waals surface area contributed by atoms with Crippen molar-refractivity contribution >= 4 is 16.9 Å². The van der Waals surface area contributed by atoms with Gasteiger partial charge in [-0.2, -0.15) is 0 Å². The SMILES string of the molecule is COCCNC(=O)Cc1cc(-c2cc3ccccc3o2)on1. The van der Waals surface area contributed by atoms with E-state index in [1.807, 2.05) is 30.3 Å². The summed E-state index contributed by atoms with van der Waals surface area (Å²) in [7, 11) is 1.59. The second-order valence-corrected chi connectivity index (χ2v) is 4.85. The van der Waals surface area contributed by atoms with Crippen LogP contribution in [0.4, 0.5) is 0 Å². The standard InChI is InChI=1S/C16H16N2O4/c1-20-7-6-17-16(19)10-12-9-15(22-18-12)14-8-11-4-2-3-5-13(11)21-14/h2-5,8-9H,6-7,10H2,1H3,(H,17,19). The average molecular weight is 300 g/mol. The van der Waals surface area contributed by atoms with Gasteiger partial charge < -0.3 is 19.0 Å². The highest BCUT2D eigenvalue weighted by molar-refractivity contribution is 5.82. The molecule has 114 valence electrons. The number of para-hydroxylation sites is 1. The molecule has 2 aromatic heterocycles. The van der Waals surface area contributed by atoms with Gasteiger partial charge in [-0.15, -0.1) is 0 Å². The smallest absolute Gasteiger partial charge is 0.226 e. The van der Waals surface area contributed by atoms with Gasteiger partial charge in [-0.05, 0) is 12.1 Å². The molecule has 1 amide bonds. The molecule has 0 radical (unpaired) electrons. The van der Waals surface area contributed by atoms with Crippen molar-refractivity contribution in [3.05, 3.63) is 42.1 Å². The van der Waals surface area contributed by atoms with Crippen LogP contribution in [0.3, 0.4) is 0 Å². The Morgan fingerprint density at radius 1 is 1.27 bits per heavy atom. The van der Waals surface area contributed by atoms with Gasteiger partial charge in [-0.1, -0.05) is 23.4 Å². The van der Waals surface area contributed by atoms with Crippen LogP contribution in [0.1, 0.15) is 5.69 Å². The van der Waals surface area contributed by atoms with E-state index in [-0.39, 0.29) is 12.3 Å². The van der Waals surface area contributed by atoms with Crippen LogP contribution >= 0.6 is 0 Å². The first kappa shape index (κ1) is 14.3. The Morgan fingerprint density at radius 2 is 2.14 bits per heavy atom. The lowest BCUT2D eigenvalue weighted by molar-refractivity contribution is -0.120. The largest absolute Gasteiger partial charge is 0.453 e. The molecule has 0 aliphatic carbocycles. The van der Waals surface area contributed by atoms with Crippen LogP contribution in [0.5, 0.6) is 0 Å². The lowest BCUT2D eigenvalue weighted by atomic mass is 10.2. The number of hydrogen-bond acceptors (Lipinski definition) is 5. The van der Waals surface area contributed by atoms with E-state index in [0.717, 1.165) is 11.0 Å².